The number of carbonyl (C=O) groups excluding carboxylic acids is 1. The second-order valence-electron chi connectivity index (χ2n) is 5.68. The van der Waals surface area contributed by atoms with Gasteiger partial charge in [-0.15, -0.1) is 0 Å². The minimum Gasteiger partial charge on any atom is -0.480 e. The Labute approximate surface area is 121 Å². The molecule has 0 spiro atoms. The molecule has 1 amide bonds. The fraction of sp³-hybridized carbons (Fsp3) is 0.462. The van der Waals surface area contributed by atoms with Gasteiger partial charge in [-0.3, -0.25) is 9.59 Å². The maximum Gasteiger partial charge on any atom is 0.323 e. The van der Waals surface area contributed by atoms with Crippen molar-refractivity contribution in [2.75, 3.05) is 6.54 Å². The first-order valence-electron chi connectivity index (χ1n) is 6.41. The quantitative estimate of drug-likeness (QED) is 0.896. The molecule has 1 N–H and O–H groups in total. The van der Waals surface area contributed by atoms with Crippen molar-refractivity contribution in [3.05, 3.63) is 23.8 Å². The van der Waals surface area contributed by atoms with Crippen LogP contribution in [0.3, 0.4) is 0 Å². The van der Waals surface area contributed by atoms with Crippen molar-refractivity contribution in [2.45, 2.75) is 33.2 Å². The molecule has 0 bridgehead atoms. The SMILES string of the molecule is Cc1c(C(=O)N(CC(=O)O)C(C)(C)C)cnc2ncnn12. The van der Waals surface area contributed by atoms with Crippen molar-refractivity contribution >= 4 is 17.7 Å². The Morgan fingerprint density at radius 3 is 2.57 bits per heavy atom. The number of aliphatic carboxylic acids is 1. The van der Waals surface area contributed by atoms with Gasteiger partial charge in [0.25, 0.3) is 11.7 Å². The number of hydrogen-bond acceptors (Lipinski definition) is 5. The van der Waals surface area contributed by atoms with Crippen molar-refractivity contribution in [1.29, 1.82) is 0 Å². The molecule has 2 aromatic rings. The largest absolute Gasteiger partial charge is 0.480 e. The van der Waals surface area contributed by atoms with E-state index in [0.717, 1.165) is 0 Å². The summed E-state index contributed by atoms with van der Waals surface area (Å²) >= 11 is 0. The highest BCUT2D eigenvalue weighted by molar-refractivity contribution is 5.97. The molecule has 0 saturated carbocycles. The van der Waals surface area contributed by atoms with E-state index in [-0.39, 0.29) is 6.54 Å². The summed E-state index contributed by atoms with van der Waals surface area (Å²) in [6.45, 7) is 6.69. The molecule has 2 aromatic heterocycles. The molecule has 0 aromatic carbocycles. The molecule has 8 nitrogen and oxygen atoms in total. The average molecular weight is 291 g/mol. The van der Waals surface area contributed by atoms with Crippen LogP contribution >= 0.6 is 0 Å². The molecule has 0 aliphatic heterocycles. The van der Waals surface area contributed by atoms with Crippen LogP contribution in [0.4, 0.5) is 0 Å². The molecule has 0 atom stereocenters. The first-order chi connectivity index (χ1) is 9.71. The van der Waals surface area contributed by atoms with E-state index in [9.17, 15) is 9.59 Å². The molecule has 0 unspecified atom stereocenters. The monoisotopic (exact) mass is 291 g/mol. The fourth-order valence-corrected chi connectivity index (χ4v) is 1.99. The fourth-order valence-electron chi connectivity index (χ4n) is 1.99. The van der Waals surface area contributed by atoms with Gasteiger partial charge in [-0.2, -0.15) is 10.1 Å². The van der Waals surface area contributed by atoms with E-state index in [0.29, 0.717) is 17.0 Å². The minimum absolute atomic E-state index is 0.309. The van der Waals surface area contributed by atoms with E-state index in [4.69, 9.17) is 5.11 Å². The van der Waals surface area contributed by atoms with Crippen molar-refractivity contribution in [1.82, 2.24) is 24.5 Å². The van der Waals surface area contributed by atoms with E-state index in [1.165, 1.54) is 21.9 Å². The zero-order valence-electron chi connectivity index (χ0n) is 12.4. The molecule has 0 saturated heterocycles. The van der Waals surface area contributed by atoms with E-state index < -0.39 is 17.4 Å². The second kappa shape index (κ2) is 5.12. The lowest BCUT2D eigenvalue weighted by molar-refractivity contribution is -0.138. The standard InChI is InChI=1S/C13H17N5O3/c1-8-9(5-14-12-15-7-16-18(8)12)11(21)17(6-10(19)20)13(2,3)4/h5,7H,6H2,1-4H3,(H,19,20). The third kappa shape index (κ3) is 2.83. The van der Waals surface area contributed by atoms with Crippen molar-refractivity contribution in [3.63, 3.8) is 0 Å². The summed E-state index contributed by atoms with van der Waals surface area (Å²) < 4.78 is 1.45. The normalized spacial score (nSPS) is 11.6. The Hall–Kier alpha value is -2.51. The summed E-state index contributed by atoms with van der Waals surface area (Å²) in [6, 6.07) is 0. The Morgan fingerprint density at radius 2 is 2.00 bits per heavy atom. The smallest absolute Gasteiger partial charge is 0.323 e. The van der Waals surface area contributed by atoms with Gasteiger partial charge in [0.2, 0.25) is 0 Å². The third-order valence-electron chi connectivity index (χ3n) is 3.13. The number of fused-ring (bicyclic) bond motifs is 1. The lowest BCUT2D eigenvalue weighted by Gasteiger charge is -2.34. The van der Waals surface area contributed by atoms with Crippen LogP contribution in [0, 0.1) is 6.92 Å². The Bertz CT molecular complexity index is 701. The number of carboxylic acid groups (broad SMARTS) is 1. The van der Waals surface area contributed by atoms with E-state index in [1.807, 2.05) is 0 Å². The molecule has 21 heavy (non-hydrogen) atoms. The summed E-state index contributed by atoms with van der Waals surface area (Å²) in [7, 11) is 0. The molecular weight excluding hydrogens is 274 g/mol. The van der Waals surface area contributed by atoms with E-state index in [1.54, 1.807) is 27.7 Å². The molecule has 0 radical (unpaired) electrons. The lowest BCUT2D eigenvalue weighted by atomic mass is 10.0. The van der Waals surface area contributed by atoms with Gasteiger partial charge < -0.3 is 10.0 Å². The minimum atomic E-state index is -1.06. The number of carbonyl (C=O) groups is 2. The average Bonchev–Trinajstić information content (AvgIpc) is 2.83. The van der Waals surface area contributed by atoms with Crippen LogP contribution in [0.1, 0.15) is 36.8 Å². The zero-order valence-corrected chi connectivity index (χ0v) is 12.4. The van der Waals surface area contributed by atoms with Crippen LogP contribution in [0.25, 0.3) is 5.78 Å². The van der Waals surface area contributed by atoms with Crippen molar-refractivity contribution < 1.29 is 14.7 Å². The predicted molar refractivity (Wildman–Crippen MR) is 73.9 cm³/mol. The number of nitrogens with zero attached hydrogens (tertiary/aromatic N) is 5. The predicted octanol–water partition coefficient (Wildman–Crippen LogP) is 0.758. The first kappa shape index (κ1) is 14.9. The second-order valence-corrected chi connectivity index (χ2v) is 5.68. The molecule has 112 valence electrons. The topological polar surface area (TPSA) is 101 Å². The molecule has 0 aliphatic carbocycles. The summed E-state index contributed by atoms with van der Waals surface area (Å²) in [5.41, 5.74) is 0.255. The van der Waals surface area contributed by atoms with Gasteiger partial charge in [-0.05, 0) is 27.7 Å². The van der Waals surface area contributed by atoms with Crippen LogP contribution in [0.15, 0.2) is 12.5 Å². The van der Waals surface area contributed by atoms with Crippen molar-refractivity contribution in [2.24, 2.45) is 0 Å². The maximum atomic E-state index is 12.7. The number of aryl methyl sites for hydroxylation is 1. The van der Waals surface area contributed by atoms with Crippen LogP contribution in [-0.4, -0.2) is 53.5 Å². The molecular formula is C13H17N5O3. The van der Waals surface area contributed by atoms with Crippen LogP contribution in [-0.2, 0) is 4.79 Å². The van der Waals surface area contributed by atoms with Gasteiger partial charge in [0.15, 0.2) is 0 Å². The third-order valence-corrected chi connectivity index (χ3v) is 3.13. The molecule has 2 rings (SSSR count). The van der Waals surface area contributed by atoms with Gasteiger partial charge in [0.05, 0.1) is 11.3 Å². The molecule has 2 heterocycles. The van der Waals surface area contributed by atoms with Gasteiger partial charge in [0, 0.05) is 11.7 Å². The summed E-state index contributed by atoms with van der Waals surface area (Å²) in [4.78, 5) is 33.0. The summed E-state index contributed by atoms with van der Waals surface area (Å²) in [5, 5.41) is 13.0. The highest BCUT2D eigenvalue weighted by Gasteiger charge is 2.30. The zero-order chi connectivity index (χ0) is 15.8. The number of hydrogen-bond donors (Lipinski definition) is 1. The van der Waals surface area contributed by atoms with Gasteiger partial charge in [-0.1, -0.05) is 0 Å². The van der Waals surface area contributed by atoms with Gasteiger partial charge >= 0.3 is 5.97 Å². The highest BCUT2D eigenvalue weighted by atomic mass is 16.4. The molecule has 0 fully saturated rings. The number of carboxylic acids is 1. The number of amides is 1. The van der Waals surface area contributed by atoms with E-state index >= 15 is 0 Å². The van der Waals surface area contributed by atoms with Gasteiger partial charge in [-0.25, -0.2) is 9.50 Å². The summed E-state index contributed by atoms with van der Waals surface area (Å²) in [6.07, 6.45) is 2.75. The van der Waals surface area contributed by atoms with Crippen molar-refractivity contribution in [3.8, 4) is 0 Å². The molecule has 8 heteroatoms. The number of rotatable bonds is 3. The lowest BCUT2D eigenvalue weighted by Crippen LogP contribution is -2.48. The van der Waals surface area contributed by atoms with Crippen LogP contribution < -0.4 is 0 Å². The van der Waals surface area contributed by atoms with E-state index in [2.05, 4.69) is 15.1 Å². The Kier molecular flexibility index (Phi) is 3.63. The van der Waals surface area contributed by atoms with Gasteiger partial charge in [0.1, 0.15) is 12.9 Å². The summed E-state index contributed by atoms with van der Waals surface area (Å²) in [5.74, 6) is -1.07. The Balaban J connectivity index is 2.47. The highest BCUT2D eigenvalue weighted by Crippen LogP contribution is 2.19. The first-order valence-corrected chi connectivity index (χ1v) is 6.41. The Morgan fingerprint density at radius 1 is 1.33 bits per heavy atom. The molecule has 0 aliphatic rings. The number of aromatic nitrogens is 4. The van der Waals surface area contributed by atoms with Crippen LogP contribution in [0.5, 0.6) is 0 Å². The maximum absolute atomic E-state index is 12.7. The van der Waals surface area contributed by atoms with Crippen LogP contribution in [0.2, 0.25) is 0 Å².